The summed E-state index contributed by atoms with van der Waals surface area (Å²) in [6, 6.07) is 7.29. The minimum absolute atomic E-state index is 0.0671. The van der Waals surface area contributed by atoms with Gasteiger partial charge in [-0.25, -0.2) is 9.18 Å². The summed E-state index contributed by atoms with van der Waals surface area (Å²) in [7, 11) is 0. The maximum absolute atomic E-state index is 13.3. The molecule has 1 heterocycles. The SMILES string of the molecule is O=C(OCc1c(F)cccc1Cl)c1ccco1. The van der Waals surface area contributed by atoms with Crippen LogP contribution in [0.5, 0.6) is 0 Å². The molecule has 0 bridgehead atoms. The van der Waals surface area contributed by atoms with Crippen molar-refractivity contribution in [3.8, 4) is 0 Å². The van der Waals surface area contributed by atoms with Gasteiger partial charge in [-0.3, -0.25) is 0 Å². The molecular weight excluding hydrogens is 247 g/mol. The van der Waals surface area contributed by atoms with E-state index in [1.807, 2.05) is 0 Å². The van der Waals surface area contributed by atoms with E-state index in [0.717, 1.165) is 0 Å². The Morgan fingerprint density at radius 2 is 2.18 bits per heavy atom. The number of rotatable bonds is 3. The molecule has 0 aliphatic rings. The van der Waals surface area contributed by atoms with Gasteiger partial charge in [0.1, 0.15) is 12.4 Å². The van der Waals surface area contributed by atoms with Gasteiger partial charge in [-0.05, 0) is 24.3 Å². The number of esters is 1. The topological polar surface area (TPSA) is 39.4 Å². The predicted molar refractivity (Wildman–Crippen MR) is 59.2 cm³/mol. The summed E-state index contributed by atoms with van der Waals surface area (Å²) in [6.45, 7) is -0.231. The van der Waals surface area contributed by atoms with Crippen molar-refractivity contribution in [3.05, 3.63) is 58.8 Å². The molecule has 2 aromatic rings. The number of halogens is 2. The van der Waals surface area contributed by atoms with Gasteiger partial charge in [-0.1, -0.05) is 17.7 Å². The summed E-state index contributed by atoms with van der Waals surface area (Å²) >= 11 is 5.78. The second kappa shape index (κ2) is 5.01. The Hall–Kier alpha value is -1.81. The molecule has 0 radical (unpaired) electrons. The van der Waals surface area contributed by atoms with Crippen LogP contribution in [-0.2, 0) is 11.3 Å². The lowest BCUT2D eigenvalue weighted by atomic mass is 10.2. The molecule has 88 valence electrons. The van der Waals surface area contributed by atoms with Gasteiger partial charge in [0, 0.05) is 5.56 Å². The van der Waals surface area contributed by atoms with Crippen molar-refractivity contribution < 1.29 is 18.3 Å². The van der Waals surface area contributed by atoms with Crippen molar-refractivity contribution in [3.63, 3.8) is 0 Å². The summed E-state index contributed by atoms with van der Waals surface area (Å²) in [5, 5.41) is 0.220. The van der Waals surface area contributed by atoms with E-state index in [4.69, 9.17) is 20.8 Å². The lowest BCUT2D eigenvalue weighted by Gasteiger charge is -2.06. The van der Waals surface area contributed by atoms with E-state index in [0.29, 0.717) is 0 Å². The Morgan fingerprint density at radius 1 is 1.35 bits per heavy atom. The van der Waals surface area contributed by atoms with E-state index in [9.17, 15) is 9.18 Å². The smallest absolute Gasteiger partial charge is 0.374 e. The van der Waals surface area contributed by atoms with E-state index in [1.165, 1.54) is 30.5 Å². The van der Waals surface area contributed by atoms with E-state index in [1.54, 1.807) is 6.07 Å². The number of benzene rings is 1. The van der Waals surface area contributed by atoms with Gasteiger partial charge >= 0.3 is 5.97 Å². The average Bonchev–Trinajstić information content (AvgIpc) is 2.81. The number of hydrogen-bond donors (Lipinski definition) is 0. The fraction of sp³-hybridized carbons (Fsp3) is 0.0833. The molecule has 2 rings (SSSR count). The molecule has 0 saturated carbocycles. The van der Waals surface area contributed by atoms with Gasteiger partial charge in [-0.15, -0.1) is 0 Å². The normalized spacial score (nSPS) is 10.2. The molecule has 0 atom stereocenters. The van der Waals surface area contributed by atoms with Gasteiger partial charge in [0.15, 0.2) is 0 Å². The quantitative estimate of drug-likeness (QED) is 0.788. The van der Waals surface area contributed by atoms with Crippen LogP contribution >= 0.6 is 11.6 Å². The Kier molecular flexibility index (Phi) is 3.44. The first-order valence-electron chi connectivity index (χ1n) is 4.82. The molecule has 0 amide bonds. The third-order valence-corrected chi connectivity index (χ3v) is 2.49. The lowest BCUT2D eigenvalue weighted by molar-refractivity contribution is 0.0432. The van der Waals surface area contributed by atoms with Crippen LogP contribution in [-0.4, -0.2) is 5.97 Å². The summed E-state index contributed by atoms with van der Waals surface area (Å²) < 4.78 is 23.1. The molecule has 0 saturated heterocycles. The largest absolute Gasteiger partial charge is 0.457 e. The highest BCUT2D eigenvalue weighted by atomic mass is 35.5. The maximum atomic E-state index is 13.3. The van der Waals surface area contributed by atoms with Crippen molar-refractivity contribution in [2.75, 3.05) is 0 Å². The molecule has 1 aromatic heterocycles. The number of carbonyl (C=O) groups is 1. The fourth-order valence-corrected chi connectivity index (χ4v) is 1.49. The Balaban J connectivity index is 2.06. The molecule has 1 aromatic carbocycles. The van der Waals surface area contributed by atoms with Crippen LogP contribution in [0, 0.1) is 5.82 Å². The van der Waals surface area contributed by atoms with Crippen LogP contribution in [0.4, 0.5) is 4.39 Å². The highest BCUT2D eigenvalue weighted by Crippen LogP contribution is 2.20. The van der Waals surface area contributed by atoms with Gasteiger partial charge in [0.2, 0.25) is 5.76 Å². The number of hydrogen-bond acceptors (Lipinski definition) is 3. The second-order valence-corrected chi connectivity index (χ2v) is 3.66. The highest BCUT2D eigenvalue weighted by molar-refractivity contribution is 6.31. The van der Waals surface area contributed by atoms with E-state index < -0.39 is 11.8 Å². The first-order chi connectivity index (χ1) is 8.18. The molecule has 0 aliphatic heterocycles. The Bertz CT molecular complexity index is 502. The van der Waals surface area contributed by atoms with Gasteiger partial charge in [0.05, 0.1) is 11.3 Å². The Labute approximate surface area is 102 Å². The van der Waals surface area contributed by atoms with Gasteiger partial charge in [0.25, 0.3) is 0 Å². The van der Waals surface area contributed by atoms with Crippen molar-refractivity contribution in [1.29, 1.82) is 0 Å². The summed E-state index contributed by atoms with van der Waals surface area (Å²) in [4.78, 5) is 11.4. The number of carbonyl (C=O) groups excluding carboxylic acids is 1. The molecular formula is C12H8ClFO3. The maximum Gasteiger partial charge on any atom is 0.374 e. The fourth-order valence-electron chi connectivity index (χ4n) is 1.27. The summed E-state index contributed by atoms with van der Waals surface area (Å²) in [5.74, 6) is -1.10. The van der Waals surface area contributed by atoms with E-state index in [-0.39, 0.29) is 23.0 Å². The molecule has 0 spiro atoms. The van der Waals surface area contributed by atoms with E-state index >= 15 is 0 Å². The third-order valence-electron chi connectivity index (χ3n) is 2.13. The minimum Gasteiger partial charge on any atom is -0.457 e. The molecule has 3 nitrogen and oxygen atoms in total. The summed E-state index contributed by atoms with van der Waals surface area (Å²) in [6.07, 6.45) is 1.35. The first-order valence-corrected chi connectivity index (χ1v) is 5.20. The first kappa shape index (κ1) is 11.7. The standard InChI is InChI=1S/C12H8ClFO3/c13-9-3-1-4-10(14)8(9)7-17-12(15)11-5-2-6-16-11/h1-6H,7H2. The second-order valence-electron chi connectivity index (χ2n) is 3.25. The number of furan rings is 1. The zero-order valence-electron chi connectivity index (χ0n) is 8.65. The summed E-state index contributed by atoms with van der Waals surface area (Å²) in [5.41, 5.74) is 0.147. The average molecular weight is 255 g/mol. The number of ether oxygens (including phenoxy) is 1. The van der Waals surface area contributed by atoms with Crippen molar-refractivity contribution in [2.24, 2.45) is 0 Å². The zero-order chi connectivity index (χ0) is 12.3. The van der Waals surface area contributed by atoms with Crippen molar-refractivity contribution in [1.82, 2.24) is 0 Å². The van der Waals surface area contributed by atoms with E-state index in [2.05, 4.69) is 0 Å². The Morgan fingerprint density at radius 3 is 2.82 bits per heavy atom. The van der Waals surface area contributed by atoms with Crippen LogP contribution in [0.2, 0.25) is 5.02 Å². The van der Waals surface area contributed by atoms with Crippen LogP contribution < -0.4 is 0 Å². The molecule has 0 fully saturated rings. The monoisotopic (exact) mass is 254 g/mol. The highest BCUT2D eigenvalue weighted by Gasteiger charge is 2.13. The van der Waals surface area contributed by atoms with Gasteiger partial charge < -0.3 is 9.15 Å². The molecule has 0 unspecified atom stereocenters. The molecule has 5 heteroatoms. The van der Waals surface area contributed by atoms with Gasteiger partial charge in [-0.2, -0.15) is 0 Å². The predicted octanol–water partition coefficient (Wildman–Crippen LogP) is 3.43. The van der Waals surface area contributed by atoms with Crippen molar-refractivity contribution >= 4 is 17.6 Å². The van der Waals surface area contributed by atoms with Crippen LogP contribution in [0.1, 0.15) is 16.1 Å². The van der Waals surface area contributed by atoms with Crippen LogP contribution in [0.15, 0.2) is 41.0 Å². The molecule has 17 heavy (non-hydrogen) atoms. The zero-order valence-corrected chi connectivity index (χ0v) is 9.41. The van der Waals surface area contributed by atoms with Crippen molar-refractivity contribution in [2.45, 2.75) is 6.61 Å². The third kappa shape index (κ3) is 2.65. The van der Waals surface area contributed by atoms with Crippen LogP contribution in [0.25, 0.3) is 0 Å². The van der Waals surface area contributed by atoms with Crippen LogP contribution in [0.3, 0.4) is 0 Å². The molecule has 0 aliphatic carbocycles. The minimum atomic E-state index is -0.658. The lowest BCUT2D eigenvalue weighted by Crippen LogP contribution is -2.05. The molecule has 0 N–H and O–H groups in total.